The van der Waals surface area contributed by atoms with Crippen molar-refractivity contribution in [1.82, 2.24) is 9.88 Å². The maximum Gasteiger partial charge on any atom is 0.203 e. The standard InChI is InChI=1S/C35H42N4O2/c1-7-10-12-13-17-26-18-14-15-19-30(26)39(4)35-37-29-22-21-28(27-20-23-31(40-5)32(24-27)41-6)36-34(29)33(38-35)25(9-3)16-11-8-2/h7,9-14,16,18,20-24,33H,8,15,17,19H2,1-6H3,(H,37,38)/b10-7-,13-12-,16-11-,25-9+. The molecule has 6 nitrogen and oxygen atoms in total. The zero-order valence-corrected chi connectivity index (χ0v) is 25.1. The van der Waals surface area contributed by atoms with Gasteiger partial charge in [0.1, 0.15) is 6.04 Å². The highest BCUT2D eigenvalue weighted by atomic mass is 16.5. The Morgan fingerprint density at radius 2 is 1.90 bits per heavy atom. The minimum absolute atomic E-state index is 0.241. The SMILES string of the molecule is C/C=C\C=C/CC1=C(N(C)C2=NC(C(/C=C\CC)=C/C)c3nc(-c4ccc(OC)c(OC)c4)ccc3N2)CCC=C1. The highest BCUT2D eigenvalue weighted by molar-refractivity contribution is 5.97. The van der Waals surface area contributed by atoms with Crippen LogP contribution in [0.25, 0.3) is 11.3 Å². The van der Waals surface area contributed by atoms with Crippen molar-refractivity contribution >= 4 is 11.6 Å². The fraction of sp³-hybridized carbons (Fsp3) is 0.314. The number of nitrogens with zero attached hydrogens (tertiary/aromatic N) is 3. The Kier molecular flexibility index (Phi) is 10.4. The van der Waals surface area contributed by atoms with Gasteiger partial charge in [-0.15, -0.1) is 0 Å². The average Bonchev–Trinajstić information content (AvgIpc) is 3.02. The van der Waals surface area contributed by atoms with E-state index >= 15 is 0 Å². The van der Waals surface area contributed by atoms with Crippen LogP contribution >= 0.6 is 0 Å². The van der Waals surface area contributed by atoms with Crippen molar-refractivity contribution in [2.45, 2.75) is 52.5 Å². The Hall–Kier alpha value is -4.32. The molecule has 0 amide bonds. The number of fused-ring (bicyclic) bond motifs is 1. The average molecular weight is 551 g/mol. The van der Waals surface area contributed by atoms with Crippen LogP contribution in [0.1, 0.15) is 58.2 Å². The molecule has 0 saturated carbocycles. The second-order valence-electron chi connectivity index (χ2n) is 9.91. The number of benzene rings is 1. The normalized spacial score (nSPS) is 17.3. The molecule has 2 heterocycles. The minimum atomic E-state index is -0.241. The monoisotopic (exact) mass is 550 g/mol. The summed E-state index contributed by atoms with van der Waals surface area (Å²) in [4.78, 5) is 12.7. The highest BCUT2D eigenvalue weighted by Gasteiger charge is 2.29. The summed E-state index contributed by atoms with van der Waals surface area (Å²) in [6.07, 6.45) is 23.2. The summed E-state index contributed by atoms with van der Waals surface area (Å²) < 4.78 is 11.0. The third-order valence-corrected chi connectivity index (χ3v) is 7.29. The fourth-order valence-electron chi connectivity index (χ4n) is 5.07. The van der Waals surface area contributed by atoms with E-state index in [1.165, 1.54) is 11.3 Å². The predicted molar refractivity (Wildman–Crippen MR) is 171 cm³/mol. The Bertz CT molecular complexity index is 1440. The van der Waals surface area contributed by atoms with E-state index in [0.717, 1.165) is 59.9 Å². The summed E-state index contributed by atoms with van der Waals surface area (Å²) in [6, 6.07) is 9.79. The van der Waals surface area contributed by atoms with Gasteiger partial charge in [-0.1, -0.05) is 61.6 Å². The molecule has 2 aliphatic rings. The molecule has 1 aromatic heterocycles. The van der Waals surface area contributed by atoms with E-state index < -0.39 is 0 Å². The van der Waals surface area contributed by atoms with Crippen LogP contribution < -0.4 is 14.8 Å². The number of hydrogen-bond acceptors (Lipinski definition) is 6. The topological polar surface area (TPSA) is 59.0 Å². The van der Waals surface area contributed by atoms with Crippen LogP contribution in [0.2, 0.25) is 0 Å². The number of hydrogen-bond donors (Lipinski definition) is 1. The van der Waals surface area contributed by atoms with Crippen molar-refractivity contribution in [3.63, 3.8) is 0 Å². The lowest BCUT2D eigenvalue weighted by Crippen LogP contribution is -2.37. The number of rotatable bonds is 10. The fourth-order valence-corrected chi connectivity index (χ4v) is 5.07. The van der Waals surface area contributed by atoms with Crippen molar-refractivity contribution in [2.24, 2.45) is 4.99 Å². The molecular formula is C35H42N4O2. The molecule has 0 saturated heterocycles. The van der Waals surface area contributed by atoms with Gasteiger partial charge in [0.2, 0.25) is 5.96 Å². The number of nitrogens with one attached hydrogen (secondary N) is 1. The lowest BCUT2D eigenvalue weighted by molar-refractivity contribution is 0.355. The molecule has 1 unspecified atom stereocenters. The Balaban J connectivity index is 1.76. The molecule has 1 atom stereocenters. The Labute approximate surface area is 245 Å². The molecule has 4 rings (SSSR count). The van der Waals surface area contributed by atoms with Gasteiger partial charge < -0.3 is 19.7 Å². The van der Waals surface area contributed by atoms with Gasteiger partial charge in [0.25, 0.3) is 0 Å². The molecule has 0 bridgehead atoms. The van der Waals surface area contributed by atoms with Crippen molar-refractivity contribution in [2.75, 3.05) is 26.6 Å². The van der Waals surface area contributed by atoms with Crippen LogP contribution in [0.4, 0.5) is 5.69 Å². The van der Waals surface area contributed by atoms with Gasteiger partial charge in [-0.2, -0.15) is 0 Å². The second-order valence-corrected chi connectivity index (χ2v) is 9.91. The zero-order valence-electron chi connectivity index (χ0n) is 25.1. The van der Waals surface area contributed by atoms with Crippen molar-refractivity contribution in [1.29, 1.82) is 0 Å². The van der Waals surface area contributed by atoms with Gasteiger partial charge >= 0.3 is 0 Å². The number of pyridine rings is 1. The molecule has 0 radical (unpaired) electrons. The first-order chi connectivity index (χ1) is 20.0. The summed E-state index contributed by atoms with van der Waals surface area (Å²) in [7, 11) is 5.40. The first kappa shape index (κ1) is 29.7. The predicted octanol–water partition coefficient (Wildman–Crippen LogP) is 8.56. The summed E-state index contributed by atoms with van der Waals surface area (Å²) in [5, 5.41) is 3.61. The van der Waals surface area contributed by atoms with E-state index in [9.17, 15) is 0 Å². The smallest absolute Gasteiger partial charge is 0.203 e. The van der Waals surface area contributed by atoms with Gasteiger partial charge in [-0.25, -0.2) is 9.98 Å². The molecule has 1 aliphatic carbocycles. The third-order valence-electron chi connectivity index (χ3n) is 7.29. The van der Waals surface area contributed by atoms with Crippen molar-refractivity contribution in [3.05, 3.63) is 108 Å². The van der Waals surface area contributed by atoms with Crippen LogP contribution in [-0.2, 0) is 0 Å². The van der Waals surface area contributed by atoms with Crippen molar-refractivity contribution < 1.29 is 9.47 Å². The number of guanidine groups is 1. The molecule has 1 aliphatic heterocycles. The maximum absolute atomic E-state index is 5.55. The maximum atomic E-state index is 5.55. The van der Waals surface area contributed by atoms with E-state index in [2.05, 4.69) is 85.8 Å². The van der Waals surface area contributed by atoms with E-state index in [1.807, 2.05) is 37.3 Å². The minimum Gasteiger partial charge on any atom is -0.493 e. The molecule has 1 N–H and O–H groups in total. The lowest BCUT2D eigenvalue weighted by atomic mass is 9.98. The number of allylic oxidation sites excluding steroid dienone is 10. The first-order valence-electron chi connectivity index (χ1n) is 14.4. The molecule has 41 heavy (non-hydrogen) atoms. The number of anilines is 1. The number of aliphatic imine (C=N–C) groups is 1. The van der Waals surface area contributed by atoms with Gasteiger partial charge in [0.15, 0.2) is 11.5 Å². The van der Waals surface area contributed by atoms with E-state index in [0.29, 0.717) is 11.5 Å². The van der Waals surface area contributed by atoms with Gasteiger partial charge in [-0.3, -0.25) is 0 Å². The zero-order chi connectivity index (χ0) is 29.2. The summed E-state index contributed by atoms with van der Waals surface area (Å²) in [6.45, 7) is 6.24. The quantitative estimate of drug-likeness (QED) is 0.300. The molecule has 2 aromatic rings. The largest absolute Gasteiger partial charge is 0.493 e. The summed E-state index contributed by atoms with van der Waals surface area (Å²) in [5.41, 5.74) is 7.38. The molecule has 1 aromatic carbocycles. The number of aromatic nitrogens is 1. The highest BCUT2D eigenvalue weighted by Crippen LogP contribution is 2.39. The van der Waals surface area contributed by atoms with Gasteiger partial charge in [0, 0.05) is 18.3 Å². The molecule has 6 heteroatoms. The second kappa shape index (κ2) is 14.4. The first-order valence-corrected chi connectivity index (χ1v) is 14.4. The van der Waals surface area contributed by atoms with E-state index in [4.69, 9.17) is 19.5 Å². The Morgan fingerprint density at radius 1 is 1.07 bits per heavy atom. The molecule has 0 spiro atoms. The summed E-state index contributed by atoms with van der Waals surface area (Å²) in [5.74, 6) is 2.19. The van der Waals surface area contributed by atoms with Crippen LogP contribution in [0.3, 0.4) is 0 Å². The van der Waals surface area contributed by atoms with Crippen LogP contribution in [-0.4, -0.2) is 37.1 Å². The lowest BCUT2D eigenvalue weighted by Gasteiger charge is -2.33. The Morgan fingerprint density at radius 3 is 2.63 bits per heavy atom. The van der Waals surface area contributed by atoms with E-state index in [-0.39, 0.29) is 6.04 Å². The van der Waals surface area contributed by atoms with Gasteiger partial charge in [0.05, 0.1) is 31.3 Å². The summed E-state index contributed by atoms with van der Waals surface area (Å²) >= 11 is 0. The van der Waals surface area contributed by atoms with Gasteiger partial charge in [-0.05, 0) is 81.0 Å². The number of ether oxygens (including phenoxy) is 2. The molecule has 0 fully saturated rings. The van der Waals surface area contributed by atoms with Crippen LogP contribution in [0.15, 0.2) is 107 Å². The van der Waals surface area contributed by atoms with E-state index in [1.54, 1.807) is 14.2 Å². The van der Waals surface area contributed by atoms with Crippen LogP contribution in [0.5, 0.6) is 11.5 Å². The van der Waals surface area contributed by atoms with Crippen molar-refractivity contribution in [3.8, 4) is 22.8 Å². The number of methoxy groups -OCH3 is 2. The third kappa shape index (κ3) is 6.88. The van der Waals surface area contributed by atoms with Crippen LogP contribution in [0, 0.1) is 0 Å². The molecular weight excluding hydrogens is 508 g/mol. The molecule has 214 valence electrons.